The van der Waals surface area contributed by atoms with E-state index in [1.807, 2.05) is 18.4 Å². The van der Waals surface area contributed by atoms with Gasteiger partial charge in [0.25, 0.3) is 0 Å². The Morgan fingerprint density at radius 3 is 3.06 bits per heavy atom. The van der Waals surface area contributed by atoms with Crippen molar-refractivity contribution in [3.05, 3.63) is 12.2 Å². The van der Waals surface area contributed by atoms with Crippen molar-refractivity contribution in [1.29, 1.82) is 0 Å². The number of hydrogen-bond donors (Lipinski definition) is 1. The minimum Gasteiger partial charge on any atom is -0.469 e. The summed E-state index contributed by atoms with van der Waals surface area (Å²) in [5.74, 6) is 0.520. The summed E-state index contributed by atoms with van der Waals surface area (Å²) in [4.78, 5) is 11.1. The van der Waals surface area contributed by atoms with Gasteiger partial charge in [0.15, 0.2) is 0 Å². The molecule has 0 spiro atoms. The van der Waals surface area contributed by atoms with Crippen molar-refractivity contribution < 1.29 is 9.53 Å². The van der Waals surface area contributed by atoms with Gasteiger partial charge in [0, 0.05) is 13.1 Å². The fraction of sp³-hybridized carbons (Fsp3) is 0.700. The molecule has 6 nitrogen and oxygen atoms in total. The molecule has 0 radical (unpaired) electrons. The number of carbonyl (C=O) groups excluding carboxylic acids is 1. The molecule has 1 rings (SSSR count). The number of ether oxygens (including phenoxy) is 1. The Hall–Kier alpha value is -1.43. The van der Waals surface area contributed by atoms with E-state index < -0.39 is 0 Å². The summed E-state index contributed by atoms with van der Waals surface area (Å²) in [5.41, 5.74) is 0. The third-order valence-electron chi connectivity index (χ3n) is 2.37. The number of methoxy groups -OCH3 is 1. The van der Waals surface area contributed by atoms with Crippen molar-refractivity contribution in [3.8, 4) is 0 Å². The molecule has 0 fully saturated rings. The predicted molar refractivity (Wildman–Crippen MR) is 58.6 cm³/mol. The van der Waals surface area contributed by atoms with Crippen LogP contribution < -0.4 is 5.32 Å². The molecule has 1 N–H and O–H groups in total. The first kappa shape index (κ1) is 12.6. The lowest BCUT2D eigenvalue weighted by atomic mass is 10.2. The Balaban J connectivity index is 2.33. The second-order valence-corrected chi connectivity index (χ2v) is 3.59. The highest BCUT2D eigenvalue weighted by atomic mass is 16.5. The van der Waals surface area contributed by atoms with Crippen LogP contribution in [0.15, 0.2) is 6.33 Å². The first-order valence-corrected chi connectivity index (χ1v) is 5.34. The molecule has 0 bridgehead atoms. The van der Waals surface area contributed by atoms with E-state index in [4.69, 9.17) is 0 Å². The molecule has 0 aliphatic rings. The van der Waals surface area contributed by atoms with Gasteiger partial charge in [-0.05, 0) is 6.92 Å². The van der Waals surface area contributed by atoms with Crippen molar-refractivity contribution in [3.63, 3.8) is 0 Å². The summed E-state index contributed by atoms with van der Waals surface area (Å²) < 4.78 is 6.59. The lowest BCUT2D eigenvalue weighted by Gasteiger charge is -2.10. The second kappa shape index (κ2) is 6.22. The standard InChI is InChI=1S/C10H18N4O2/c1-4-14-7-12-13-9(14)6-11-5-8(2)10(15)16-3/h7-8,11H,4-6H2,1-3H3. The lowest BCUT2D eigenvalue weighted by Crippen LogP contribution is -2.28. The van der Waals surface area contributed by atoms with Crippen LogP contribution >= 0.6 is 0 Å². The summed E-state index contributed by atoms with van der Waals surface area (Å²) in [7, 11) is 1.40. The van der Waals surface area contributed by atoms with Gasteiger partial charge in [0.05, 0.1) is 19.6 Å². The molecular formula is C10H18N4O2. The van der Waals surface area contributed by atoms with Gasteiger partial charge < -0.3 is 14.6 Å². The first-order valence-electron chi connectivity index (χ1n) is 5.34. The van der Waals surface area contributed by atoms with Crippen molar-refractivity contribution in [1.82, 2.24) is 20.1 Å². The number of rotatable bonds is 6. The van der Waals surface area contributed by atoms with Crippen LogP contribution in [0.1, 0.15) is 19.7 Å². The summed E-state index contributed by atoms with van der Waals surface area (Å²) in [6.45, 7) is 5.88. The van der Waals surface area contributed by atoms with Gasteiger partial charge in [-0.3, -0.25) is 4.79 Å². The van der Waals surface area contributed by atoms with E-state index in [2.05, 4.69) is 20.3 Å². The molecule has 1 aromatic heterocycles. The third-order valence-corrected chi connectivity index (χ3v) is 2.37. The molecule has 1 aromatic rings. The monoisotopic (exact) mass is 226 g/mol. The minimum atomic E-state index is -0.204. The fourth-order valence-electron chi connectivity index (χ4n) is 1.36. The molecule has 90 valence electrons. The van der Waals surface area contributed by atoms with Crippen LogP contribution in [0.2, 0.25) is 0 Å². The van der Waals surface area contributed by atoms with Crippen LogP contribution in [-0.4, -0.2) is 34.4 Å². The summed E-state index contributed by atoms with van der Waals surface area (Å²) in [5, 5.41) is 11.0. The molecular weight excluding hydrogens is 208 g/mol. The van der Waals surface area contributed by atoms with Crippen LogP contribution in [0.25, 0.3) is 0 Å². The maximum Gasteiger partial charge on any atom is 0.309 e. The molecule has 0 aliphatic heterocycles. The topological polar surface area (TPSA) is 69.0 Å². The molecule has 0 saturated heterocycles. The van der Waals surface area contributed by atoms with Gasteiger partial charge >= 0.3 is 5.97 Å². The van der Waals surface area contributed by atoms with Crippen LogP contribution in [0.5, 0.6) is 0 Å². The van der Waals surface area contributed by atoms with E-state index in [1.165, 1.54) is 7.11 Å². The van der Waals surface area contributed by atoms with Gasteiger partial charge in [-0.2, -0.15) is 0 Å². The van der Waals surface area contributed by atoms with Crippen molar-refractivity contribution in [2.24, 2.45) is 5.92 Å². The molecule has 6 heteroatoms. The number of nitrogens with zero attached hydrogens (tertiary/aromatic N) is 3. The van der Waals surface area contributed by atoms with E-state index >= 15 is 0 Å². The van der Waals surface area contributed by atoms with Crippen LogP contribution in [0, 0.1) is 5.92 Å². The van der Waals surface area contributed by atoms with Crippen LogP contribution in [-0.2, 0) is 22.6 Å². The van der Waals surface area contributed by atoms with E-state index in [0.717, 1.165) is 12.4 Å². The number of aryl methyl sites for hydroxylation is 1. The average molecular weight is 226 g/mol. The molecule has 1 atom stereocenters. The van der Waals surface area contributed by atoms with Crippen LogP contribution in [0.3, 0.4) is 0 Å². The smallest absolute Gasteiger partial charge is 0.309 e. The van der Waals surface area contributed by atoms with E-state index in [0.29, 0.717) is 13.1 Å². The average Bonchev–Trinajstić information content (AvgIpc) is 2.75. The summed E-state index contributed by atoms with van der Waals surface area (Å²) in [6.07, 6.45) is 1.70. The highest BCUT2D eigenvalue weighted by Gasteiger charge is 2.12. The van der Waals surface area contributed by atoms with Gasteiger partial charge in [-0.15, -0.1) is 10.2 Å². The van der Waals surface area contributed by atoms with Crippen LogP contribution in [0.4, 0.5) is 0 Å². The zero-order valence-corrected chi connectivity index (χ0v) is 9.93. The van der Waals surface area contributed by atoms with Crippen molar-refractivity contribution in [2.75, 3.05) is 13.7 Å². The quantitative estimate of drug-likeness (QED) is 0.702. The van der Waals surface area contributed by atoms with Crippen molar-refractivity contribution >= 4 is 5.97 Å². The van der Waals surface area contributed by atoms with Gasteiger partial charge in [-0.25, -0.2) is 0 Å². The molecule has 0 aliphatic carbocycles. The minimum absolute atomic E-state index is 0.150. The Morgan fingerprint density at radius 1 is 1.69 bits per heavy atom. The summed E-state index contributed by atoms with van der Waals surface area (Å²) >= 11 is 0. The molecule has 1 heterocycles. The Bertz CT molecular complexity index is 337. The van der Waals surface area contributed by atoms with Gasteiger partial charge in [0.1, 0.15) is 12.2 Å². The largest absolute Gasteiger partial charge is 0.469 e. The van der Waals surface area contributed by atoms with Gasteiger partial charge in [-0.1, -0.05) is 6.92 Å². The maximum absolute atomic E-state index is 11.1. The molecule has 16 heavy (non-hydrogen) atoms. The van der Waals surface area contributed by atoms with Gasteiger partial charge in [0.2, 0.25) is 0 Å². The Labute approximate surface area is 95.0 Å². The highest BCUT2D eigenvalue weighted by molar-refractivity contribution is 5.71. The second-order valence-electron chi connectivity index (χ2n) is 3.59. The molecule has 0 aromatic carbocycles. The maximum atomic E-state index is 11.1. The first-order chi connectivity index (χ1) is 7.69. The fourth-order valence-corrected chi connectivity index (χ4v) is 1.36. The highest BCUT2D eigenvalue weighted by Crippen LogP contribution is 1.98. The van der Waals surface area contributed by atoms with E-state index in [9.17, 15) is 4.79 Å². The molecule has 1 unspecified atom stereocenters. The number of aromatic nitrogens is 3. The lowest BCUT2D eigenvalue weighted by molar-refractivity contribution is -0.144. The zero-order valence-electron chi connectivity index (χ0n) is 9.93. The number of esters is 1. The number of nitrogens with one attached hydrogen (secondary N) is 1. The molecule has 0 saturated carbocycles. The van der Waals surface area contributed by atoms with Crippen molar-refractivity contribution in [2.45, 2.75) is 26.9 Å². The predicted octanol–water partition coefficient (Wildman–Crippen LogP) is 0.197. The normalized spacial score (nSPS) is 12.4. The Kier molecular flexibility index (Phi) is 4.91. The van der Waals surface area contributed by atoms with E-state index in [-0.39, 0.29) is 11.9 Å². The third kappa shape index (κ3) is 3.30. The zero-order chi connectivity index (χ0) is 12.0. The number of hydrogen-bond acceptors (Lipinski definition) is 5. The summed E-state index contributed by atoms with van der Waals surface area (Å²) in [6, 6.07) is 0. The molecule has 0 amide bonds. The Morgan fingerprint density at radius 2 is 2.44 bits per heavy atom. The number of carbonyl (C=O) groups is 1. The van der Waals surface area contributed by atoms with E-state index in [1.54, 1.807) is 6.33 Å². The SMILES string of the molecule is CCn1cnnc1CNCC(C)C(=O)OC.